The molecule has 0 radical (unpaired) electrons. The van der Waals surface area contributed by atoms with Gasteiger partial charge in [-0.3, -0.25) is 4.79 Å². The zero-order valence-corrected chi connectivity index (χ0v) is 12.4. The van der Waals surface area contributed by atoms with E-state index in [9.17, 15) is 4.79 Å². The molecule has 21 heavy (non-hydrogen) atoms. The molecule has 0 saturated carbocycles. The number of anilines is 1. The van der Waals surface area contributed by atoms with Gasteiger partial charge in [-0.05, 0) is 37.9 Å². The lowest BCUT2D eigenvalue weighted by molar-refractivity contribution is -0.116. The quantitative estimate of drug-likeness (QED) is 0.860. The fraction of sp³-hybridized carbons (Fsp3) is 0.500. The van der Waals surface area contributed by atoms with Crippen LogP contribution in [0.2, 0.25) is 0 Å². The summed E-state index contributed by atoms with van der Waals surface area (Å²) in [6, 6.07) is 9.33. The van der Waals surface area contributed by atoms with Crippen LogP contribution in [0.15, 0.2) is 24.3 Å². The molecule has 0 aliphatic carbocycles. The molecule has 1 fully saturated rings. The molecule has 1 amide bonds. The fourth-order valence-corrected chi connectivity index (χ4v) is 2.66. The lowest BCUT2D eigenvalue weighted by atomic mass is 10.0. The van der Waals surface area contributed by atoms with Crippen molar-refractivity contribution in [1.82, 2.24) is 4.90 Å². The predicted octanol–water partition coefficient (Wildman–Crippen LogP) is 1.56. The standard InChI is InChI=1S/C16H22N4O/c1-12(18)14-6-8-20(11-14)9-7-16(21)19-15-5-3-2-4-13(15)10-17/h2-5,12,14H,6-9,11,18H2,1H3,(H,19,21). The van der Waals surface area contributed by atoms with Crippen molar-refractivity contribution in [3.63, 3.8) is 0 Å². The Balaban J connectivity index is 1.80. The van der Waals surface area contributed by atoms with Crippen molar-refractivity contribution in [3.05, 3.63) is 29.8 Å². The van der Waals surface area contributed by atoms with E-state index in [4.69, 9.17) is 11.0 Å². The molecule has 1 heterocycles. The highest BCUT2D eigenvalue weighted by Gasteiger charge is 2.25. The van der Waals surface area contributed by atoms with Gasteiger partial charge in [-0.15, -0.1) is 0 Å². The van der Waals surface area contributed by atoms with Crippen LogP contribution < -0.4 is 11.1 Å². The van der Waals surface area contributed by atoms with E-state index in [1.165, 1.54) is 0 Å². The highest BCUT2D eigenvalue weighted by Crippen LogP contribution is 2.19. The molecule has 1 aliphatic rings. The minimum absolute atomic E-state index is 0.0538. The maximum Gasteiger partial charge on any atom is 0.225 e. The third-order valence-corrected chi connectivity index (χ3v) is 4.03. The third kappa shape index (κ3) is 4.28. The SMILES string of the molecule is CC(N)C1CCN(CCC(=O)Nc2ccccc2C#N)C1. The van der Waals surface area contributed by atoms with Crippen LogP contribution in [0.4, 0.5) is 5.69 Å². The number of nitrogens with zero attached hydrogens (tertiary/aromatic N) is 2. The average molecular weight is 286 g/mol. The van der Waals surface area contributed by atoms with Crippen molar-refractivity contribution in [2.24, 2.45) is 11.7 Å². The van der Waals surface area contributed by atoms with Gasteiger partial charge in [-0.2, -0.15) is 5.26 Å². The largest absolute Gasteiger partial charge is 0.328 e. The summed E-state index contributed by atoms with van der Waals surface area (Å²) < 4.78 is 0. The van der Waals surface area contributed by atoms with Crippen LogP contribution in [0.5, 0.6) is 0 Å². The lowest BCUT2D eigenvalue weighted by Crippen LogP contribution is -2.31. The van der Waals surface area contributed by atoms with Crippen molar-refractivity contribution >= 4 is 11.6 Å². The molecule has 1 aliphatic heterocycles. The van der Waals surface area contributed by atoms with Crippen LogP contribution in [0.3, 0.4) is 0 Å². The Morgan fingerprint density at radius 3 is 3.00 bits per heavy atom. The molecule has 0 spiro atoms. The van der Waals surface area contributed by atoms with Crippen LogP contribution in [0.25, 0.3) is 0 Å². The zero-order valence-electron chi connectivity index (χ0n) is 12.4. The van der Waals surface area contributed by atoms with E-state index in [0.717, 1.165) is 26.1 Å². The molecule has 1 aromatic carbocycles. The van der Waals surface area contributed by atoms with Gasteiger partial charge in [-0.25, -0.2) is 0 Å². The number of carbonyl (C=O) groups is 1. The molecule has 5 nitrogen and oxygen atoms in total. The van der Waals surface area contributed by atoms with E-state index < -0.39 is 0 Å². The van der Waals surface area contributed by atoms with E-state index >= 15 is 0 Å². The first kappa shape index (κ1) is 15.5. The first-order valence-corrected chi connectivity index (χ1v) is 7.37. The van der Waals surface area contributed by atoms with Crippen LogP contribution in [0.1, 0.15) is 25.3 Å². The summed E-state index contributed by atoms with van der Waals surface area (Å²) in [7, 11) is 0. The second-order valence-electron chi connectivity index (χ2n) is 5.66. The van der Waals surface area contributed by atoms with Gasteiger partial charge < -0.3 is 16.0 Å². The Morgan fingerprint density at radius 2 is 2.33 bits per heavy atom. The van der Waals surface area contributed by atoms with E-state index in [1.54, 1.807) is 18.2 Å². The first-order chi connectivity index (χ1) is 10.1. The van der Waals surface area contributed by atoms with Gasteiger partial charge in [-0.1, -0.05) is 12.1 Å². The first-order valence-electron chi connectivity index (χ1n) is 7.37. The second-order valence-corrected chi connectivity index (χ2v) is 5.66. The summed E-state index contributed by atoms with van der Waals surface area (Å²) in [6.07, 6.45) is 1.54. The number of nitrogens with one attached hydrogen (secondary N) is 1. The summed E-state index contributed by atoms with van der Waals surface area (Å²) in [5.41, 5.74) is 6.99. The van der Waals surface area contributed by atoms with E-state index in [2.05, 4.69) is 16.3 Å². The number of hydrogen-bond donors (Lipinski definition) is 2. The number of nitriles is 1. The monoisotopic (exact) mass is 286 g/mol. The minimum atomic E-state index is -0.0538. The Bertz CT molecular complexity index is 535. The number of rotatable bonds is 5. The van der Waals surface area contributed by atoms with Crippen LogP contribution in [-0.4, -0.2) is 36.5 Å². The zero-order chi connectivity index (χ0) is 15.2. The van der Waals surface area contributed by atoms with Gasteiger partial charge in [0.25, 0.3) is 0 Å². The van der Waals surface area contributed by atoms with Gasteiger partial charge in [0.15, 0.2) is 0 Å². The van der Waals surface area contributed by atoms with Crippen molar-refractivity contribution < 1.29 is 4.79 Å². The van der Waals surface area contributed by atoms with Gasteiger partial charge >= 0.3 is 0 Å². The van der Waals surface area contributed by atoms with E-state index in [0.29, 0.717) is 23.6 Å². The molecule has 2 unspecified atom stereocenters. The summed E-state index contributed by atoms with van der Waals surface area (Å²) in [5.74, 6) is 0.481. The second kappa shape index (κ2) is 7.21. The molecule has 0 bridgehead atoms. The Kier molecular flexibility index (Phi) is 5.32. The number of para-hydroxylation sites is 1. The number of carbonyl (C=O) groups excluding carboxylic acids is 1. The number of nitrogens with two attached hydrogens (primary N) is 1. The number of hydrogen-bond acceptors (Lipinski definition) is 4. The summed E-state index contributed by atoms with van der Waals surface area (Å²) in [5, 5.41) is 11.8. The normalized spacial score (nSPS) is 20.0. The number of likely N-dealkylation sites (tertiary alicyclic amines) is 1. The van der Waals surface area contributed by atoms with Crippen LogP contribution in [-0.2, 0) is 4.79 Å². The lowest BCUT2D eigenvalue weighted by Gasteiger charge is -2.17. The van der Waals surface area contributed by atoms with Gasteiger partial charge in [0.1, 0.15) is 6.07 Å². The highest BCUT2D eigenvalue weighted by atomic mass is 16.1. The van der Waals surface area contributed by atoms with Crippen molar-refractivity contribution in [1.29, 1.82) is 5.26 Å². The van der Waals surface area contributed by atoms with E-state index in [-0.39, 0.29) is 11.9 Å². The van der Waals surface area contributed by atoms with Gasteiger partial charge in [0.2, 0.25) is 5.91 Å². The summed E-state index contributed by atoms with van der Waals surface area (Å²) >= 11 is 0. The number of amides is 1. The summed E-state index contributed by atoms with van der Waals surface area (Å²) in [4.78, 5) is 14.3. The third-order valence-electron chi connectivity index (χ3n) is 4.03. The Hall–Kier alpha value is -1.90. The van der Waals surface area contributed by atoms with Gasteiger partial charge in [0.05, 0.1) is 11.3 Å². The van der Waals surface area contributed by atoms with Crippen molar-refractivity contribution in [2.75, 3.05) is 25.0 Å². The van der Waals surface area contributed by atoms with Crippen molar-refractivity contribution in [3.8, 4) is 6.07 Å². The molecule has 2 rings (SSSR count). The molecule has 3 N–H and O–H groups in total. The molecule has 1 aromatic rings. The fourth-order valence-electron chi connectivity index (χ4n) is 2.66. The van der Waals surface area contributed by atoms with E-state index in [1.807, 2.05) is 13.0 Å². The van der Waals surface area contributed by atoms with Crippen LogP contribution >= 0.6 is 0 Å². The summed E-state index contributed by atoms with van der Waals surface area (Å²) in [6.45, 7) is 4.76. The smallest absolute Gasteiger partial charge is 0.225 e. The molecule has 0 aromatic heterocycles. The maximum atomic E-state index is 12.0. The van der Waals surface area contributed by atoms with Crippen molar-refractivity contribution in [2.45, 2.75) is 25.8 Å². The molecule has 112 valence electrons. The molecule has 5 heteroatoms. The molecule has 1 saturated heterocycles. The van der Waals surface area contributed by atoms with Gasteiger partial charge in [0, 0.05) is 25.6 Å². The molecular formula is C16H22N4O. The molecular weight excluding hydrogens is 264 g/mol. The average Bonchev–Trinajstić information content (AvgIpc) is 2.95. The number of benzene rings is 1. The minimum Gasteiger partial charge on any atom is -0.328 e. The predicted molar refractivity (Wildman–Crippen MR) is 82.6 cm³/mol. The topological polar surface area (TPSA) is 82.2 Å². The Morgan fingerprint density at radius 1 is 1.57 bits per heavy atom. The molecule has 2 atom stereocenters. The maximum absolute atomic E-state index is 12.0. The highest BCUT2D eigenvalue weighted by molar-refractivity contribution is 5.92. The Labute approximate surface area is 125 Å². The van der Waals surface area contributed by atoms with Crippen LogP contribution in [0, 0.1) is 17.2 Å².